The lowest BCUT2D eigenvalue weighted by Gasteiger charge is -2.30. The molecule has 5 aromatic rings. The van der Waals surface area contributed by atoms with Gasteiger partial charge in [-0.2, -0.15) is 9.47 Å². The fraction of sp³-hybridized carbons (Fsp3) is 0.367. The predicted molar refractivity (Wildman–Crippen MR) is 166 cm³/mol. The fourth-order valence-electron chi connectivity index (χ4n) is 5.11. The van der Waals surface area contributed by atoms with Gasteiger partial charge in [-0.15, -0.1) is 0 Å². The Morgan fingerprint density at radius 3 is 2.88 bits per heavy atom. The van der Waals surface area contributed by atoms with Gasteiger partial charge in [0.15, 0.2) is 11.5 Å². The van der Waals surface area contributed by atoms with Crippen molar-refractivity contribution >= 4 is 39.6 Å². The van der Waals surface area contributed by atoms with Gasteiger partial charge >= 0.3 is 0 Å². The molecule has 0 aliphatic carbocycles. The van der Waals surface area contributed by atoms with Crippen LogP contribution in [-0.2, 0) is 17.9 Å². The molecular weight excluding hydrogens is 550 g/mol. The fourth-order valence-corrected chi connectivity index (χ4v) is 5.77. The predicted octanol–water partition coefficient (Wildman–Crippen LogP) is 5.70. The molecule has 0 spiro atoms. The maximum Gasteiger partial charge on any atom is 0.246 e. The van der Waals surface area contributed by atoms with Crippen LogP contribution in [0.4, 0.5) is 16.5 Å². The minimum absolute atomic E-state index is 0.0627. The molecule has 12 heteroatoms. The van der Waals surface area contributed by atoms with Crippen molar-refractivity contribution in [2.75, 3.05) is 30.8 Å². The van der Waals surface area contributed by atoms with Crippen molar-refractivity contribution in [2.45, 2.75) is 46.7 Å². The summed E-state index contributed by atoms with van der Waals surface area (Å²) in [5.41, 5.74) is 4.07. The largest absolute Gasteiger partial charge is 0.495 e. The molecule has 11 nitrogen and oxygen atoms in total. The number of rotatable bonds is 9. The first-order valence-corrected chi connectivity index (χ1v) is 15.1. The number of carbonyl (C=O) groups is 1. The molecule has 1 amide bonds. The highest BCUT2D eigenvalue weighted by atomic mass is 32.1. The standard InChI is InChI=1S/C28H31N9O2S.C2H6/c1-19-6-5-10-35(15-19)17-21-12-26(40-34-21)33-27-28-30-14-23(37(28)11-9-29-27)20-13-31-36(16-20)18-25(38)32-22-7-3-4-8-24(22)39-2;1-2/h3-4,7-9,11-14,16,19H,5-6,10,15,17-18H2,1-2H3,(H,29,33)(H,32,38);1-2H3. The quantitative estimate of drug-likeness (QED) is 0.226. The number of carbonyl (C=O) groups excluding carboxylic acids is 1. The van der Waals surface area contributed by atoms with Crippen LogP contribution in [0.1, 0.15) is 39.3 Å². The number of ether oxygens (including phenoxy) is 1. The summed E-state index contributed by atoms with van der Waals surface area (Å²) < 4.78 is 13.5. The van der Waals surface area contributed by atoms with Gasteiger partial charge < -0.3 is 15.4 Å². The van der Waals surface area contributed by atoms with E-state index in [0.29, 0.717) is 22.9 Å². The van der Waals surface area contributed by atoms with E-state index in [1.165, 1.54) is 24.4 Å². The van der Waals surface area contributed by atoms with Gasteiger partial charge in [-0.1, -0.05) is 32.9 Å². The molecule has 1 fully saturated rings. The lowest BCUT2D eigenvalue weighted by Crippen LogP contribution is -2.33. The van der Waals surface area contributed by atoms with Crippen LogP contribution in [0.15, 0.2) is 61.3 Å². The highest BCUT2D eigenvalue weighted by molar-refractivity contribution is 7.10. The summed E-state index contributed by atoms with van der Waals surface area (Å²) in [5.74, 6) is 1.79. The SMILES string of the molecule is CC.COc1ccccc1NC(=O)Cn1cc(-c2cnc3c(Nc4cc(CN5CCCC(C)C5)ns4)nccn23)cn1. The summed E-state index contributed by atoms with van der Waals surface area (Å²) in [7, 11) is 1.57. The molecule has 0 radical (unpaired) electrons. The van der Waals surface area contributed by atoms with E-state index in [1.807, 2.05) is 42.8 Å². The van der Waals surface area contributed by atoms with E-state index in [9.17, 15) is 4.79 Å². The number of benzene rings is 1. The number of para-hydroxylation sites is 2. The van der Waals surface area contributed by atoms with E-state index in [4.69, 9.17) is 4.74 Å². The van der Waals surface area contributed by atoms with E-state index >= 15 is 0 Å². The second kappa shape index (κ2) is 13.6. The number of fused-ring (bicyclic) bond motifs is 1. The molecular formula is C30H37N9O2S. The molecule has 1 unspecified atom stereocenters. The van der Waals surface area contributed by atoms with Gasteiger partial charge in [0.1, 0.15) is 17.3 Å². The van der Waals surface area contributed by atoms with Crippen LogP contribution in [0.5, 0.6) is 5.75 Å². The van der Waals surface area contributed by atoms with Crippen molar-refractivity contribution in [2.24, 2.45) is 5.92 Å². The van der Waals surface area contributed by atoms with Crippen molar-refractivity contribution in [3.8, 4) is 17.0 Å². The number of nitrogens with one attached hydrogen (secondary N) is 2. The van der Waals surface area contributed by atoms with Gasteiger partial charge in [-0.05, 0) is 55.0 Å². The smallest absolute Gasteiger partial charge is 0.246 e. The molecule has 0 bridgehead atoms. The number of amides is 1. The van der Waals surface area contributed by atoms with Crippen molar-refractivity contribution in [1.82, 2.24) is 33.4 Å². The van der Waals surface area contributed by atoms with E-state index in [0.717, 1.165) is 47.5 Å². The van der Waals surface area contributed by atoms with E-state index < -0.39 is 0 Å². The van der Waals surface area contributed by atoms with Crippen LogP contribution in [0.2, 0.25) is 0 Å². The second-order valence-corrected chi connectivity index (χ2v) is 10.9. The zero-order chi connectivity index (χ0) is 29.5. The Morgan fingerprint density at radius 2 is 2.05 bits per heavy atom. The summed E-state index contributed by atoms with van der Waals surface area (Å²) in [4.78, 5) is 24.3. The van der Waals surface area contributed by atoms with Crippen LogP contribution in [-0.4, -0.2) is 59.5 Å². The average molecular weight is 588 g/mol. The van der Waals surface area contributed by atoms with Crippen molar-refractivity contribution < 1.29 is 9.53 Å². The van der Waals surface area contributed by atoms with E-state index in [2.05, 4.69) is 48.0 Å². The summed E-state index contributed by atoms with van der Waals surface area (Å²) in [6.07, 6.45) is 11.5. The minimum Gasteiger partial charge on any atom is -0.495 e. The number of nitrogens with zero attached hydrogens (tertiary/aromatic N) is 7. The van der Waals surface area contributed by atoms with Crippen LogP contribution in [0, 0.1) is 5.92 Å². The summed E-state index contributed by atoms with van der Waals surface area (Å²) in [6, 6.07) is 9.39. The molecule has 42 heavy (non-hydrogen) atoms. The highest BCUT2D eigenvalue weighted by Gasteiger charge is 2.18. The first kappa shape index (κ1) is 29.2. The number of imidazole rings is 1. The number of likely N-dealkylation sites (tertiary alicyclic amines) is 1. The van der Waals surface area contributed by atoms with E-state index in [1.54, 1.807) is 42.5 Å². The maximum atomic E-state index is 12.6. The Hall–Kier alpha value is -4.29. The molecule has 2 N–H and O–H groups in total. The Bertz CT molecular complexity index is 1630. The third kappa shape index (κ3) is 6.77. The summed E-state index contributed by atoms with van der Waals surface area (Å²) in [6.45, 7) is 9.50. The Kier molecular flexibility index (Phi) is 9.45. The third-order valence-corrected chi connectivity index (χ3v) is 7.71. The van der Waals surface area contributed by atoms with Gasteiger partial charge in [0.05, 0.1) is 36.6 Å². The molecule has 5 heterocycles. The number of hydrogen-bond donors (Lipinski definition) is 2. The van der Waals surface area contributed by atoms with Crippen LogP contribution < -0.4 is 15.4 Å². The van der Waals surface area contributed by atoms with Gasteiger partial charge in [0, 0.05) is 37.2 Å². The van der Waals surface area contributed by atoms with Crippen LogP contribution in [0.3, 0.4) is 0 Å². The molecule has 220 valence electrons. The van der Waals surface area contributed by atoms with Gasteiger partial charge in [-0.3, -0.25) is 18.8 Å². The third-order valence-electron chi connectivity index (χ3n) is 6.97. The highest BCUT2D eigenvalue weighted by Crippen LogP contribution is 2.28. The van der Waals surface area contributed by atoms with Crippen LogP contribution in [0.25, 0.3) is 16.9 Å². The molecule has 4 aromatic heterocycles. The molecule has 0 saturated carbocycles. The maximum absolute atomic E-state index is 12.6. The van der Waals surface area contributed by atoms with Crippen molar-refractivity contribution in [3.05, 3.63) is 67.0 Å². The second-order valence-electron chi connectivity index (χ2n) is 10.1. The number of methoxy groups -OCH3 is 1. The van der Waals surface area contributed by atoms with Gasteiger partial charge in [0.2, 0.25) is 5.91 Å². The molecule has 1 saturated heterocycles. The molecule has 1 aliphatic rings. The normalized spacial score (nSPS) is 15.2. The first-order valence-electron chi connectivity index (χ1n) is 14.3. The Labute approximate surface area is 249 Å². The Morgan fingerprint density at radius 1 is 1.19 bits per heavy atom. The summed E-state index contributed by atoms with van der Waals surface area (Å²) in [5, 5.41) is 11.6. The molecule has 1 aromatic carbocycles. The Balaban J connectivity index is 0.00000173. The number of piperidine rings is 1. The number of hydrogen-bond acceptors (Lipinski definition) is 9. The van der Waals surface area contributed by atoms with Crippen LogP contribution >= 0.6 is 11.5 Å². The topological polar surface area (TPSA) is 114 Å². The summed E-state index contributed by atoms with van der Waals surface area (Å²) >= 11 is 1.43. The minimum atomic E-state index is -0.202. The van der Waals surface area contributed by atoms with E-state index in [-0.39, 0.29) is 12.5 Å². The van der Waals surface area contributed by atoms with Gasteiger partial charge in [-0.25, -0.2) is 9.97 Å². The monoisotopic (exact) mass is 587 g/mol. The first-order chi connectivity index (χ1) is 20.6. The number of aromatic nitrogens is 6. The number of anilines is 3. The molecule has 6 rings (SSSR count). The zero-order valence-electron chi connectivity index (χ0n) is 24.4. The molecule has 1 aliphatic heterocycles. The average Bonchev–Trinajstić information content (AvgIpc) is 3.75. The van der Waals surface area contributed by atoms with Crippen molar-refractivity contribution in [1.29, 1.82) is 0 Å². The zero-order valence-corrected chi connectivity index (χ0v) is 25.3. The van der Waals surface area contributed by atoms with Gasteiger partial charge in [0.25, 0.3) is 0 Å². The lowest BCUT2D eigenvalue weighted by atomic mass is 10.0. The molecule has 1 atom stereocenters. The van der Waals surface area contributed by atoms with Crippen molar-refractivity contribution in [3.63, 3.8) is 0 Å². The lowest BCUT2D eigenvalue weighted by molar-refractivity contribution is -0.116.